The van der Waals surface area contributed by atoms with Gasteiger partial charge in [-0.25, -0.2) is 0 Å². The van der Waals surface area contributed by atoms with Crippen molar-refractivity contribution in [3.05, 3.63) is 0 Å². The maximum absolute atomic E-state index is 11.7. The van der Waals surface area contributed by atoms with Gasteiger partial charge in [0.25, 0.3) is 0 Å². The van der Waals surface area contributed by atoms with Crippen molar-refractivity contribution in [1.29, 1.82) is 0 Å². The minimum atomic E-state index is -0.0662. The topological polar surface area (TPSA) is 50.4 Å². The molecule has 0 rings (SSSR count). The molecule has 0 saturated carbocycles. The van der Waals surface area contributed by atoms with Gasteiger partial charge in [0, 0.05) is 6.54 Å². The standard InChI is InChI=1S/C18H38N2O2/c1-4-7-10-17(6-3)16-22-18(21)11-15-20-14-9-13-19-12-8-5-2/h17,19-20H,4-16H2,1-3H3. The predicted molar refractivity (Wildman–Crippen MR) is 94.1 cm³/mol. The summed E-state index contributed by atoms with van der Waals surface area (Å²) in [6.45, 7) is 11.0. The highest BCUT2D eigenvalue weighted by Gasteiger charge is 2.09. The smallest absolute Gasteiger partial charge is 0.307 e. The predicted octanol–water partition coefficient (Wildman–Crippen LogP) is 3.51. The number of hydrogen-bond donors (Lipinski definition) is 2. The Hall–Kier alpha value is -0.610. The second-order valence-corrected chi connectivity index (χ2v) is 6.06. The van der Waals surface area contributed by atoms with E-state index < -0.39 is 0 Å². The summed E-state index contributed by atoms with van der Waals surface area (Å²) in [6, 6.07) is 0. The number of ether oxygens (including phenoxy) is 1. The van der Waals surface area contributed by atoms with Crippen molar-refractivity contribution in [3.63, 3.8) is 0 Å². The van der Waals surface area contributed by atoms with E-state index in [1.807, 2.05) is 0 Å². The maximum atomic E-state index is 11.7. The van der Waals surface area contributed by atoms with Gasteiger partial charge in [-0.3, -0.25) is 4.79 Å². The van der Waals surface area contributed by atoms with Gasteiger partial charge in [0.2, 0.25) is 0 Å². The van der Waals surface area contributed by atoms with Gasteiger partial charge in [-0.2, -0.15) is 0 Å². The van der Waals surface area contributed by atoms with E-state index in [-0.39, 0.29) is 5.97 Å². The highest BCUT2D eigenvalue weighted by Crippen LogP contribution is 2.12. The maximum Gasteiger partial charge on any atom is 0.307 e. The molecule has 1 unspecified atom stereocenters. The quantitative estimate of drug-likeness (QED) is 0.338. The molecule has 0 aromatic heterocycles. The van der Waals surface area contributed by atoms with Crippen molar-refractivity contribution in [2.45, 2.75) is 72.1 Å². The molecule has 22 heavy (non-hydrogen) atoms. The largest absolute Gasteiger partial charge is 0.465 e. The van der Waals surface area contributed by atoms with Crippen molar-refractivity contribution >= 4 is 5.97 Å². The fourth-order valence-electron chi connectivity index (χ4n) is 2.26. The first kappa shape index (κ1) is 21.4. The zero-order valence-corrected chi connectivity index (χ0v) is 15.1. The molecule has 0 aliphatic carbocycles. The fourth-order valence-corrected chi connectivity index (χ4v) is 2.26. The van der Waals surface area contributed by atoms with Gasteiger partial charge in [-0.1, -0.05) is 46.5 Å². The van der Waals surface area contributed by atoms with E-state index in [2.05, 4.69) is 31.4 Å². The van der Waals surface area contributed by atoms with E-state index in [1.54, 1.807) is 0 Å². The molecule has 4 nitrogen and oxygen atoms in total. The van der Waals surface area contributed by atoms with Crippen LogP contribution in [0.3, 0.4) is 0 Å². The van der Waals surface area contributed by atoms with Crippen molar-refractivity contribution < 1.29 is 9.53 Å². The van der Waals surface area contributed by atoms with Gasteiger partial charge in [0.05, 0.1) is 13.0 Å². The Labute approximate surface area is 137 Å². The second kappa shape index (κ2) is 16.8. The Bertz CT molecular complexity index is 247. The first-order valence-corrected chi connectivity index (χ1v) is 9.31. The molecule has 0 fully saturated rings. The highest BCUT2D eigenvalue weighted by atomic mass is 16.5. The summed E-state index contributed by atoms with van der Waals surface area (Å²) >= 11 is 0. The van der Waals surface area contributed by atoms with Gasteiger partial charge in [-0.05, 0) is 44.8 Å². The molecular weight excluding hydrogens is 276 g/mol. The molecule has 0 heterocycles. The number of carbonyl (C=O) groups is 1. The Morgan fingerprint density at radius 2 is 1.55 bits per heavy atom. The van der Waals surface area contributed by atoms with E-state index >= 15 is 0 Å². The van der Waals surface area contributed by atoms with E-state index in [1.165, 1.54) is 32.1 Å². The summed E-state index contributed by atoms with van der Waals surface area (Å²) in [6.07, 6.45) is 8.77. The van der Waals surface area contributed by atoms with Gasteiger partial charge in [0.15, 0.2) is 0 Å². The van der Waals surface area contributed by atoms with E-state index in [4.69, 9.17) is 4.74 Å². The highest BCUT2D eigenvalue weighted by molar-refractivity contribution is 5.69. The number of unbranched alkanes of at least 4 members (excludes halogenated alkanes) is 2. The molecule has 0 bridgehead atoms. The van der Waals surface area contributed by atoms with Crippen LogP contribution in [0.2, 0.25) is 0 Å². The summed E-state index contributed by atoms with van der Waals surface area (Å²) < 4.78 is 5.37. The second-order valence-electron chi connectivity index (χ2n) is 6.06. The lowest BCUT2D eigenvalue weighted by atomic mass is 10.0. The van der Waals surface area contributed by atoms with Crippen LogP contribution >= 0.6 is 0 Å². The molecule has 0 aliphatic rings. The lowest BCUT2D eigenvalue weighted by Gasteiger charge is -2.14. The summed E-state index contributed by atoms with van der Waals surface area (Å²) in [7, 11) is 0. The first-order valence-electron chi connectivity index (χ1n) is 9.31. The van der Waals surface area contributed by atoms with E-state index in [0.29, 0.717) is 18.9 Å². The summed E-state index contributed by atoms with van der Waals surface area (Å²) in [5.41, 5.74) is 0. The lowest BCUT2D eigenvalue weighted by molar-refractivity contribution is -0.145. The van der Waals surface area contributed by atoms with Crippen molar-refractivity contribution in [1.82, 2.24) is 10.6 Å². The fraction of sp³-hybridized carbons (Fsp3) is 0.944. The van der Waals surface area contributed by atoms with Crippen LogP contribution < -0.4 is 10.6 Å². The Kier molecular flexibility index (Phi) is 16.3. The number of rotatable bonds is 16. The van der Waals surface area contributed by atoms with Gasteiger partial charge < -0.3 is 15.4 Å². The number of nitrogens with one attached hydrogen (secondary N) is 2. The SMILES string of the molecule is CCCCNCCCNCCC(=O)OCC(CC)CCCC. The molecule has 0 amide bonds. The third-order valence-corrected chi connectivity index (χ3v) is 3.94. The zero-order chi connectivity index (χ0) is 16.5. The number of carbonyl (C=O) groups excluding carboxylic acids is 1. The van der Waals surface area contributed by atoms with E-state index in [0.717, 1.165) is 39.0 Å². The van der Waals surface area contributed by atoms with Crippen LogP contribution in [0.1, 0.15) is 72.1 Å². The average Bonchev–Trinajstić information content (AvgIpc) is 2.53. The number of hydrogen-bond acceptors (Lipinski definition) is 4. The van der Waals surface area contributed by atoms with Gasteiger partial charge in [0.1, 0.15) is 0 Å². The zero-order valence-electron chi connectivity index (χ0n) is 15.1. The van der Waals surface area contributed by atoms with E-state index in [9.17, 15) is 4.79 Å². The Morgan fingerprint density at radius 3 is 2.18 bits per heavy atom. The van der Waals surface area contributed by atoms with Crippen molar-refractivity contribution in [2.75, 3.05) is 32.8 Å². The van der Waals surface area contributed by atoms with Crippen LogP contribution in [0.5, 0.6) is 0 Å². The summed E-state index contributed by atoms with van der Waals surface area (Å²) in [4.78, 5) is 11.7. The minimum absolute atomic E-state index is 0.0662. The Balaban J connectivity index is 3.38. The molecule has 132 valence electrons. The summed E-state index contributed by atoms with van der Waals surface area (Å²) in [5, 5.41) is 6.71. The molecule has 2 N–H and O–H groups in total. The Morgan fingerprint density at radius 1 is 0.909 bits per heavy atom. The molecule has 0 spiro atoms. The molecular formula is C18H38N2O2. The molecule has 0 saturated heterocycles. The third-order valence-electron chi connectivity index (χ3n) is 3.94. The monoisotopic (exact) mass is 314 g/mol. The molecule has 0 aliphatic heterocycles. The molecule has 0 aromatic rings. The van der Waals surface area contributed by atoms with Gasteiger partial charge >= 0.3 is 5.97 Å². The normalized spacial score (nSPS) is 12.3. The van der Waals surface area contributed by atoms with Crippen LogP contribution in [0, 0.1) is 5.92 Å². The van der Waals surface area contributed by atoms with Crippen molar-refractivity contribution in [3.8, 4) is 0 Å². The molecule has 0 radical (unpaired) electrons. The molecule has 1 atom stereocenters. The minimum Gasteiger partial charge on any atom is -0.465 e. The summed E-state index contributed by atoms with van der Waals surface area (Å²) in [5.74, 6) is 0.467. The molecule has 0 aromatic carbocycles. The lowest BCUT2D eigenvalue weighted by Crippen LogP contribution is -2.25. The third kappa shape index (κ3) is 14.3. The number of esters is 1. The molecule has 4 heteroatoms. The van der Waals surface area contributed by atoms with Crippen LogP contribution in [0.15, 0.2) is 0 Å². The van der Waals surface area contributed by atoms with Crippen LogP contribution in [-0.2, 0) is 9.53 Å². The average molecular weight is 315 g/mol. The first-order chi connectivity index (χ1) is 10.7. The van der Waals surface area contributed by atoms with Gasteiger partial charge in [-0.15, -0.1) is 0 Å². The van der Waals surface area contributed by atoms with Crippen LogP contribution in [0.4, 0.5) is 0 Å². The van der Waals surface area contributed by atoms with Crippen LogP contribution in [0.25, 0.3) is 0 Å². The van der Waals surface area contributed by atoms with Crippen LogP contribution in [-0.4, -0.2) is 38.8 Å². The van der Waals surface area contributed by atoms with Crippen molar-refractivity contribution in [2.24, 2.45) is 5.92 Å².